The van der Waals surface area contributed by atoms with Crippen molar-refractivity contribution in [3.05, 3.63) is 6.20 Å². The number of ether oxygens (including phenoxy) is 2. The van der Waals surface area contributed by atoms with Crippen LogP contribution in [0, 0.1) is 0 Å². The number of anilines is 1. The van der Waals surface area contributed by atoms with Crippen LogP contribution < -0.4 is 14.4 Å². The normalized spacial score (nSPS) is 14.1. The molecule has 0 fully saturated rings. The molecular formula is C11H16N4O2. The van der Waals surface area contributed by atoms with E-state index in [2.05, 4.69) is 15.0 Å². The van der Waals surface area contributed by atoms with Crippen molar-refractivity contribution in [2.75, 3.05) is 31.2 Å². The lowest BCUT2D eigenvalue weighted by atomic mass is 10.4. The molecule has 2 rings (SSSR count). The van der Waals surface area contributed by atoms with E-state index in [-0.39, 0.29) is 0 Å². The molecule has 1 aliphatic rings. The molecule has 92 valence electrons. The molecule has 0 spiro atoms. The molecule has 0 bridgehead atoms. The Kier molecular flexibility index (Phi) is 3.74. The van der Waals surface area contributed by atoms with Crippen LogP contribution in [-0.2, 0) is 0 Å². The van der Waals surface area contributed by atoms with Gasteiger partial charge in [0.1, 0.15) is 5.69 Å². The van der Waals surface area contributed by atoms with Crippen molar-refractivity contribution in [1.29, 1.82) is 0 Å². The average Bonchev–Trinajstić information content (AvgIpc) is 2.84. The fourth-order valence-electron chi connectivity index (χ4n) is 1.55. The van der Waals surface area contributed by atoms with Crippen molar-refractivity contribution in [2.24, 2.45) is 4.99 Å². The van der Waals surface area contributed by atoms with Crippen LogP contribution >= 0.6 is 0 Å². The van der Waals surface area contributed by atoms with Crippen molar-refractivity contribution in [1.82, 2.24) is 9.97 Å². The molecule has 0 saturated carbocycles. The van der Waals surface area contributed by atoms with E-state index in [0.717, 1.165) is 18.8 Å². The standard InChI is InChI=1S/C11H16N4O2/c1-3-16-10-9(15-6-5-12-8-15)7-13-11(14-10)17-4-2/h7-8H,3-6H2,1-2H3. The summed E-state index contributed by atoms with van der Waals surface area (Å²) in [6, 6.07) is 0.343. The molecule has 0 N–H and O–H groups in total. The number of nitrogens with zero attached hydrogens (tertiary/aromatic N) is 4. The molecule has 1 aromatic rings. The summed E-state index contributed by atoms with van der Waals surface area (Å²) in [5.74, 6) is 0.541. The molecule has 0 aromatic carbocycles. The van der Waals surface area contributed by atoms with E-state index in [4.69, 9.17) is 9.47 Å². The third-order valence-electron chi connectivity index (χ3n) is 2.27. The van der Waals surface area contributed by atoms with Crippen LogP contribution in [-0.4, -0.2) is 42.6 Å². The van der Waals surface area contributed by atoms with Gasteiger partial charge in [0.25, 0.3) is 0 Å². The van der Waals surface area contributed by atoms with Crippen LogP contribution in [0.1, 0.15) is 13.8 Å². The Bertz CT molecular complexity index is 408. The summed E-state index contributed by atoms with van der Waals surface area (Å²) < 4.78 is 10.8. The Morgan fingerprint density at radius 2 is 2.12 bits per heavy atom. The smallest absolute Gasteiger partial charge is 0.319 e. The maximum atomic E-state index is 5.50. The Labute approximate surface area is 100 Å². The van der Waals surface area contributed by atoms with E-state index in [0.29, 0.717) is 25.1 Å². The second-order valence-electron chi connectivity index (χ2n) is 3.42. The lowest BCUT2D eigenvalue weighted by Crippen LogP contribution is -2.20. The highest BCUT2D eigenvalue weighted by Crippen LogP contribution is 2.27. The topological polar surface area (TPSA) is 59.8 Å². The van der Waals surface area contributed by atoms with Gasteiger partial charge in [-0.25, -0.2) is 4.98 Å². The summed E-state index contributed by atoms with van der Waals surface area (Å²) in [6.07, 6.45) is 3.49. The minimum absolute atomic E-state index is 0.343. The van der Waals surface area contributed by atoms with Gasteiger partial charge in [0.05, 0.1) is 32.3 Å². The Morgan fingerprint density at radius 3 is 2.76 bits per heavy atom. The molecule has 0 aliphatic carbocycles. The van der Waals surface area contributed by atoms with Gasteiger partial charge in [-0.1, -0.05) is 0 Å². The molecule has 0 unspecified atom stereocenters. The molecule has 2 heterocycles. The molecule has 1 aromatic heterocycles. The van der Waals surface area contributed by atoms with Crippen LogP contribution in [0.25, 0.3) is 0 Å². The molecule has 6 nitrogen and oxygen atoms in total. The molecule has 17 heavy (non-hydrogen) atoms. The van der Waals surface area contributed by atoms with Gasteiger partial charge in [-0.05, 0) is 13.8 Å². The number of aliphatic imine (C=N–C) groups is 1. The van der Waals surface area contributed by atoms with E-state index in [9.17, 15) is 0 Å². The maximum Gasteiger partial charge on any atom is 0.319 e. The monoisotopic (exact) mass is 236 g/mol. The average molecular weight is 236 g/mol. The third kappa shape index (κ3) is 2.64. The predicted molar refractivity (Wildman–Crippen MR) is 65.1 cm³/mol. The SMILES string of the molecule is CCOc1ncc(N2C=NCC2)c(OCC)n1. The Hall–Kier alpha value is -1.85. The maximum absolute atomic E-state index is 5.50. The molecule has 0 atom stereocenters. The highest BCUT2D eigenvalue weighted by molar-refractivity contribution is 5.82. The van der Waals surface area contributed by atoms with Gasteiger partial charge in [0.2, 0.25) is 5.88 Å². The molecule has 0 saturated heterocycles. The van der Waals surface area contributed by atoms with Crippen LogP contribution in [0.15, 0.2) is 11.2 Å². The fourth-order valence-corrected chi connectivity index (χ4v) is 1.55. The number of hydrogen-bond donors (Lipinski definition) is 0. The van der Waals surface area contributed by atoms with Gasteiger partial charge < -0.3 is 14.4 Å². The summed E-state index contributed by atoms with van der Waals surface area (Å²) in [5, 5.41) is 0. The van der Waals surface area contributed by atoms with Crippen LogP contribution in [0.4, 0.5) is 5.69 Å². The van der Waals surface area contributed by atoms with E-state index in [1.807, 2.05) is 18.7 Å². The highest BCUT2D eigenvalue weighted by atomic mass is 16.5. The van der Waals surface area contributed by atoms with Crippen molar-refractivity contribution < 1.29 is 9.47 Å². The lowest BCUT2D eigenvalue weighted by Gasteiger charge is -2.17. The molecular weight excluding hydrogens is 220 g/mol. The first-order chi connectivity index (χ1) is 8.35. The molecule has 6 heteroatoms. The van der Waals surface area contributed by atoms with E-state index in [1.165, 1.54) is 0 Å². The van der Waals surface area contributed by atoms with E-state index < -0.39 is 0 Å². The van der Waals surface area contributed by atoms with Crippen molar-refractivity contribution in [2.45, 2.75) is 13.8 Å². The van der Waals surface area contributed by atoms with Crippen LogP contribution in [0.2, 0.25) is 0 Å². The first kappa shape index (κ1) is 11.6. The number of aromatic nitrogens is 2. The van der Waals surface area contributed by atoms with Crippen molar-refractivity contribution in [3.63, 3.8) is 0 Å². The summed E-state index contributed by atoms with van der Waals surface area (Å²) in [5.41, 5.74) is 0.830. The van der Waals surface area contributed by atoms with Crippen molar-refractivity contribution in [3.8, 4) is 11.9 Å². The molecule has 1 aliphatic heterocycles. The zero-order valence-electron chi connectivity index (χ0n) is 10.1. The fraction of sp³-hybridized carbons (Fsp3) is 0.545. The summed E-state index contributed by atoms with van der Waals surface area (Å²) in [7, 11) is 0. The van der Waals surface area contributed by atoms with Gasteiger partial charge in [0.15, 0.2) is 0 Å². The van der Waals surface area contributed by atoms with Gasteiger partial charge in [-0.15, -0.1) is 0 Å². The largest absolute Gasteiger partial charge is 0.476 e. The summed E-state index contributed by atoms with van der Waals surface area (Å²) in [4.78, 5) is 14.5. The van der Waals surface area contributed by atoms with Gasteiger partial charge in [-0.2, -0.15) is 4.98 Å². The van der Waals surface area contributed by atoms with E-state index >= 15 is 0 Å². The third-order valence-corrected chi connectivity index (χ3v) is 2.27. The minimum Gasteiger partial charge on any atom is -0.476 e. The van der Waals surface area contributed by atoms with Crippen LogP contribution in [0.3, 0.4) is 0 Å². The quantitative estimate of drug-likeness (QED) is 0.766. The van der Waals surface area contributed by atoms with E-state index in [1.54, 1.807) is 12.5 Å². The van der Waals surface area contributed by atoms with Gasteiger partial charge >= 0.3 is 6.01 Å². The van der Waals surface area contributed by atoms with Gasteiger partial charge in [-0.3, -0.25) is 4.99 Å². The first-order valence-electron chi connectivity index (χ1n) is 5.74. The Balaban J connectivity index is 2.26. The Morgan fingerprint density at radius 1 is 1.29 bits per heavy atom. The summed E-state index contributed by atoms with van der Waals surface area (Å²) >= 11 is 0. The summed E-state index contributed by atoms with van der Waals surface area (Å²) in [6.45, 7) is 6.53. The minimum atomic E-state index is 0.343. The van der Waals surface area contributed by atoms with Gasteiger partial charge in [0, 0.05) is 6.54 Å². The lowest BCUT2D eigenvalue weighted by molar-refractivity contribution is 0.289. The number of hydrogen-bond acceptors (Lipinski definition) is 6. The zero-order valence-corrected chi connectivity index (χ0v) is 10.1. The second-order valence-corrected chi connectivity index (χ2v) is 3.42. The predicted octanol–water partition coefficient (Wildman–Crippen LogP) is 1.12. The van der Waals surface area contributed by atoms with Crippen LogP contribution in [0.5, 0.6) is 11.9 Å². The zero-order chi connectivity index (χ0) is 12.1. The van der Waals surface area contributed by atoms with Crippen molar-refractivity contribution >= 4 is 12.0 Å². The molecule has 0 radical (unpaired) electrons. The number of rotatable bonds is 5. The highest BCUT2D eigenvalue weighted by Gasteiger charge is 2.16. The second kappa shape index (κ2) is 5.47. The first-order valence-corrected chi connectivity index (χ1v) is 5.74. The molecule has 0 amide bonds.